The monoisotopic (exact) mass is 271 g/mol. The van der Waals surface area contributed by atoms with E-state index in [-0.39, 0.29) is 10.9 Å². The minimum absolute atomic E-state index is 0.201. The lowest BCUT2D eigenvalue weighted by Crippen LogP contribution is -2.10. The molecular formula is C18H23S+. The Labute approximate surface area is 120 Å². The molecule has 0 bridgehead atoms. The van der Waals surface area contributed by atoms with Gasteiger partial charge in [-0.05, 0) is 69.5 Å². The van der Waals surface area contributed by atoms with E-state index in [0.717, 1.165) is 0 Å². The van der Waals surface area contributed by atoms with Gasteiger partial charge >= 0.3 is 0 Å². The maximum absolute atomic E-state index is 2.40. The zero-order valence-electron chi connectivity index (χ0n) is 12.6. The molecule has 0 heterocycles. The second kappa shape index (κ2) is 5.83. The van der Waals surface area contributed by atoms with Gasteiger partial charge < -0.3 is 0 Å². The summed E-state index contributed by atoms with van der Waals surface area (Å²) in [5.41, 5.74) is 5.78. The molecule has 1 unspecified atom stereocenters. The number of aryl methyl sites for hydroxylation is 1. The molecule has 2 aromatic rings. The lowest BCUT2D eigenvalue weighted by Gasteiger charge is -2.14. The van der Waals surface area contributed by atoms with Gasteiger partial charge in [-0.1, -0.05) is 18.2 Å². The van der Waals surface area contributed by atoms with Gasteiger partial charge in [0.2, 0.25) is 0 Å². The van der Waals surface area contributed by atoms with E-state index in [9.17, 15) is 0 Å². The smallest absolute Gasteiger partial charge is 0.0619 e. The maximum atomic E-state index is 2.40. The average Bonchev–Trinajstić information content (AvgIpc) is 2.44. The second-order valence-corrected chi connectivity index (χ2v) is 7.33. The van der Waals surface area contributed by atoms with Gasteiger partial charge in [0, 0.05) is 5.56 Å². The summed E-state index contributed by atoms with van der Waals surface area (Å²) < 4.78 is 0. The average molecular weight is 271 g/mol. The van der Waals surface area contributed by atoms with Crippen LogP contribution < -0.4 is 0 Å². The molecule has 0 saturated carbocycles. The highest BCUT2D eigenvalue weighted by Gasteiger charge is 2.26. The van der Waals surface area contributed by atoms with Crippen molar-refractivity contribution in [3.8, 4) is 0 Å². The van der Waals surface area contributed by atoms with Crippen LogP contribution in [0.2, 0.25) is 0 Å². The van der Waals surface area contributed by atoms with Gasteiger partial charge in [-0.3, -0.25) is 0 Å². The normalized spacial score (nSPS) is 12.5. The highest BCUT2D eigenvalue weighted by molar-refractivity contribution is 7.97. The summed E-state index contributed by atoms with van der Waals surface area (Å²) in [5, 5.41) is 0. The van der Waals surface area contributed by atoms with Crippen LogP contribution >= 0.6 is 0 Å². The molecule has 0 N–H and O–H groups in total. The van der Waals surface area contributed by atoms with Gasteiger partial charge in [-0.2, -0.15) is 0 Å². The van der Waals surface area contributed by atoms with E-state index in [1.165, 1.54) is 37.8 Å². The standard InChI is InChI=1S/C18H23S/c1-6-19(17-10-8-7-9-11-17)18-12-13(2)14(3)15(4)16(18)5/h7-12H,6H2,1-5H3/q+1. The molecule has 1 atom stereocenters. The Morgan fingerprint density at radius 3 is 2.05 bits per heavy atom. The van der Waals surface area contributed by atoms with Crippen LogP contribution in [0, 0.1) is 27.7 Å². The Balaban J connectivity index is 2.57. The summed E-state index contributed by atoms with van der Waals surface area (Å²) in [6.45, 7) is 11.3. The summed E-state index contributed by atoms with van der Waals surface area (Å²) in [6, 6.07) is 13.3. The Hall–Kier alpha value is -1.21. The minimum atomic E-state index is 0.201. The van der Waals surface area contributed by atoms with Gasteiger partial charge in [0.25, 0.3) is 0 Å². The maximum Gasteiger partial charge on any atom is 0.164 e. The zero-order chi connectivity index (χ0) is 14.0. The fraction of sp³-hybridized carbons (Fsp3) is 0.333. The van der Waals surface area contributed by atoms with Crippen molar-refractivity contribution in [1.82, 2.24) is 0 Å². The third-order valence-electron chi connectivity index (χ3n) is 4.02. The predicted molar refractivity (Wildman–Crippen MR) is 86.3 cm³/mol. The quantitative estimate of drug-likeness (QED) is 0.691. The van der Waals surface area contributed by atoms with Gasteiger partial charge in [-0.15, -0.1) is 0 Å². The van der Waals surface area contributed by atoms with Crippen molar-refractivity contribution in [2.75, 3.05) is 5.75 Å². The van der Waals surface area contributed by atoms with Crippen molar-refractivity contribution >= 4 is 10.9 Å². The fourth-order valence-corrected chi connectivity index (χ4v) is 4.69. The van der Waals surface area contributed by atoms with Gasteiger partial charge in [0.05, 0.1) is 10.9 Å². The summed E-state index contributed by atoms with van der Waals surface area (Å²) >= 11 is 0. The van der Waals surface area contributed by atoms with E-state index < -0.39 is 0 Å². The van der Waals surface area contributed by atoms with E-state index >= 15 is 0 Å². The molecule has 1 heteroatoms. The Bertz CT molecular complexity index is 570. The lowest BCUT2D eigenvalue weighted by molar-refractivity contribution is 1.13. The van der Waals surface area contributed by atoms with Gasteiger partial charge in [0.1, 0.15) is 5.75 Å². The second-order valence-electron chi connectivity index (χ2n) is 5.06. The number of hydrogen-bond donors (Lipinski definition) is 0. The third-order valence-corrected chi connectivity index (χ3v) is 6.39. The topological polar surface area (TPSA) is 0 Å². The van der Waals surface area contributed by atoms with Crippen LogP contribution in [0.25, 0.3) is 0 Å². The van der Waals surface area contributed by atoms with Crippen LogP contribution in [-0.4, -0.2) is 5.75 Å². The van der Waals surface area contributed by atoms with E-state index in [0.29, 0.717) is 0 Å². The summed E-state index contributed by atoms with van der Waals surface area (Å²) in [5.74, 6) is 1.17. The molecule has 0 spiro atoms. The van der Waals surface area contributed by atoms with Crippen LogP contribution in [0.5, 0.6) is 0 Å². The van der Waals surface area contributed by atoms with Crippen molar-refractivity contribution in [2.45, 2.75) is 44.4 Å². The van der Waals surface area contributed by atoms with Crippen molar-refractivity contribution < 1.29 is 0 Å². The SMILES string of the molecule is CC[S+](c1ccccc1)c1cc(C)c(C)c(C)c1C. The summed E-state index contributed by atoms with van der Waals surface area (Å²) in [6.07, 6.45) is 0. The van der Waals surface area contributed by atoms with E-state index in [4.69, 9.17) is 0 Å². The van der Waals surface area contributed by atoms with Crippen LogP contribution in [0.3, 0.4) is 0 Å². The van der Waals surface area contributed by atoms with Crippen LogP contribution in [0.15, 0.2) is 46.2 Å². The molecule has 0 aliphatic carbocycles. The Morgan fingerprint density at radius 2 is 1.47 bits per heavy atom. The Morgan fingerprint density at radius 1 is 0.842 bits per heavy atom. The zero-order valence-corrected chi connectivity index (χ0v) is 13.4. The number of benzene rings is 2. The molecule has 19 heavy (non-hydrogen) atoms. The van der Waals surface area contributed by atoms with Crippen LogP contribution in [-0.2, 0) is 10.9 Å². The molecule has 2 aromatic carbocycles. The third kappa shape index (κ3) is 2.71. The number of rotatable bonds is 3. The highest BCUT2D eigenvalue weighted by atomic mass is 32.2. The van der Waals surface area contributed by atoms with E-state index in [1.54, 1.807) is 0 Å². The van der Waals surface area contributed by atoms with Crippen molar-refractivity contribution in [1.29, 1.82) is 0 Å². The van der Waals surface area contributed by atoms with Gasteiger partial charge in [0.15, 0.2) is 9.79 Å². The largest absolute Gasteiger partial charge is 0.164 e. The van der Waals surface area contributed by atoms with Crippen LogP contribution in [0.4, 0.5) is 0 Å². The van der Waals surface area contributed by atoms with Crippen molar-refractivity contribution in [2.24, 2.45) is 0 Å². The molecule has 100 valence electrons. The molecule has 0 aliphatic rings. The molecule has 0 aromatic heterocycles. The number of hydrogen-bond acceptors (Lipinski definition) is 0. The molecule has 0 fully saturated rings. The van der Waals surface area contributed by atoms with Crippen LogP contribution in [0.1, 0.15) is 29.2 Å². The minimum Gasteiger partial charge on any atom is -0.0619 e. The molecule has 2 rings (SSSR count). The molecule has 0 radical (unpaired) electrons. The van der Waals surface area contributed by atoms with Gasteiger partial charge in [-0.25, -0.2) is 0 Å². The molecular weight excluding hydrogens is 248 g/mol. The van der Waals surface area contributed by atoms with Crippen molar-refractivity contribution in [3.63, 3.8) is 0 Å². The molecule has 0 nitrogen and oxygen atoms in total. The van der Waals surface area contributed by atoms with Crippen molar-refractivity contribution in [3.05, 3.63) is 58.7 Å². The first-order valence-electron chi connectivity index (χ1n) is 6.89. The highest BCUT2D eigenvalue weighted by Crippen LogP contribution is 2.30. The first-order valence-corrected chi connectivity index (χ1v) is 8.29. The first-order chi connectivity index (χ1) is 9.06. The molecule has 0 amide bonds. The van der Waals surface area contributed by atoms with E-state index in [1.807, 2.05) is 0 Å². The predicted octanol–water partition coefficient (Wildman–Crippen LogP) is 4.98. The summed E-state index contributed by atoms with van der Waals surface area (Å²) in [7, 11) is 0.201. The first kappa shape index (κ1) is 14.2. The lowest BCUT2D eigenvalue weighted by atomic mass is 10.00. The summed E-state index contributed by atoms with van der Waals surface area (Å²) in [4.78, 5) is 2.98. The molecule has 0 saturated heterocycles. The van der Waals surface area contributed by atoms with E-state index in [2.05, 4.69) is 71.0 Å². The molecule has 0 aliphatic heterocycles. The fourth-order valence-electron chi connectivity index (χ4n) is 2.46. The Kier molecular flexibility index (Phi) is 4.36.